The topological polar surface area (TPSA) is 75.6 Å². The number of aryl methyl sites for hydroxylation is 3. The maximum atomic E-state index is 12.0. The lowest BCUT2D eigenvalue weighted by molar-refractivity contribution is 0.0950. The highest BCUT2D eigenvalue weighted by atomic mass is 16.1. The molecule has 2 aromatic heterocycles. The zero-order chi connectivity index (χ0) is 13.1. The third-order valence-corrected chi connectivity index (χ3v) is 2.86. The summed E-state index contributed by atoms with van der Waals surface area (Å²) < 4.78 is 1.66. The standard InChI is InChI=1S/C12H17N5O/c1-4-11-10(7-17(3)16-11)12(18)13-5-9-6-14-15-8(9)2/h6-7H,4-5H2,1-3H3,(H,13,18)(H,14,15). The molecule has 0 spiro atoms. The lowest BCUT2D eigenvalue weighted by atomic mass is 10.2. The van der Waals surface area contributed by atoms with E-state index < -0.39 is 0 Å². The Bertz CT molecular complexity index is 555. The van der Waals surface area contributed by atoms with E-state index in [9.17, 15) is 4.79 Å². The molecule has 0 fully saturated rings. The van der Waals surface area contributed by atoms with Gasteiger partial charge in [0, 0.05) is 31.0 Å². The number of aromatic nitrogens is 4. The Hall–Kier alpha value is -2.11. The molecule has 0 aliphatic heterocycles. The van der Waals surface area contributed by atoms with Gasteiger partial charge < -0.3 is 5.32 Å². The number of nitrogens with zero attached hydrogens (tertiary/aromatic N) is 3. The molecular weight excluding hydrogens is 230 g/mol. The zero-order valence-corrected chi connectivity index (χ0v) is 10.8. The predicted octanol–water partition coefficient (Wildman–Crippen LogP) is 0.944. The van der Waals surface area contributed by atoms with Gasteiger partial charge in [-0.15, -0.1) is 0 Å². The first-order chi connectivity index (χ1) is 8.61. The van der Waals surface area contributed by atoms with Crippen molar-refractivity contribution in [3.05, 3.63) is 34.9 Å². The summed E-state index contributed by atoms with van der Waals surface area (Å²) in [7, 11) is 1.82. The largest absolute Gasteiger partial charge is 0.348 e. The summed E-state index contributed by atoms with van der Waals surface area (Å²) in [5.74, 6) is -0.0967. The van der Waals surface area contributed by atoms with Gasteiger partial charge in [0.25, 0.3) is 5.91 Å². The number of rotatable bonds is 4. The number of H-pyrrole nitrogens is 1. The SMILES string of the molecule is CCc1nn(C)cc1C(=O)NCc1cn[nH]c1C. The first kappa shape index (κ1) is 12.3. The van der Waals surface area contributed by atoms with Gasteiger partial charge in [0.1, 0.15) is 0 Å². The predicted molar refractivity (Wildman–Crippen MR) is 67.1 cm³/mol. The molecule has 0 bridgehead atoms. The third-order valence-electron chi connectivity index (χ3n) is 2.86. The number of carbonyl (C=O) groups is 1. The number of amides is 1. The molecule has 96 valence electrons. The third kappa shape index (κ3) is 2.42. The molecule has 0 atom stereocenters. The van der Waals surface area contributed by atoms with E-state index in [2.05, 4.69) is 20.6 Å². The van der Waals surface area contributed by atoms with Crippen LogP contribution < -0.4 is 5.32 Å². The molecule has 2 N–H and O–H groups in total. The highest BCUT2D eigenvalue weighted by Gasteiger charge is 2.14. The minimum Gasteiger partial charge on any atom is -0.348 e. The van der Waals surface area contributed by atoms with Crippen molar-refractivity contribution in [1.29, 1.82) is 0 Å². The highest BCUT2D eigenvalue weighted by molar-refractivity contribution is 5.95. The summed E-state index contributed by atoms with van der Waals surface area (Å²) in [5.41, 5.74) is 3.42. The zero-order valence-electron chi connectivity index (χ0n) is 10.8. The summed E-state index contributed by atoms with van der Waals surface area (Å²) in [6.07, 6.45) is 4.21. The number of carbonyl (C=O) groups excluding carboxylic acids is 1. The van der Waals surface area contributed by atoms with E-state index in [0.717, 1.165) is 23.4 Å². The van der Waals surface area contributed by atoms with Gasteiger partial charge in [-0.25, -0.2) is 0 Å². The van der Waals surface area contributed by atoms with Crippen LogP contribution in [0.15, 0.2) is 12.4 Å². The van der Waals surface area contributed by atoms with Gasteiger partial charge in [0.2, 0.25) is 0 Å². The molecule has 0 saturated carbocycles. The highest BCUT2D eigenvalue weighted by Crippen LogP contribution is 2.08. The van der Waals surface area contributed by atoms with Gasteiger partial charge in [0.05, 0.1) is 17.5 Å². The van der Waals surface area contributed by atoms with Crippen molar-refractivity contribution >= 4 is 5.91 Å². The van der Waals surface area contributed by atoms with E-state index in [1.165, 1.54) is 0 Å². The first-order valence-corrected chi connectivity index (χ1v) is 5.91. The molecule has 6 heteroatoms. The molecule has 2 aromatic rings. The second kappa shape index (κ2) is 5.03. The molecular formula is C12H17N5O. The number of hydrogen-bond acceptors (Lipinski definition) is 3. The van der Waals surface area contributed by atoms with Crippen molar-refractivity contribution in [2.75, 3.05) is 0 Å². The molecule has 2 rings (SSSR count). The van der Waals surface area contributed by atoms with E-state index in [1.807, 2.05) is 20.9 Å². The van der Waals surface area contributed by atoms with Crippen LogP contribution in [0.3, 0.4) is 0 Å². The lowest BCUT2D eigenvalue weighted by Gasteiger charge is -2.03. The van der Waals surface area contributed by atoms with Crippen molar-refractivity contribution in [3.63, 3.8) is 0 Å². The van der Waals surface area contributed by atoms with Gasteiger partial charge >= 0.3 is 0 Å². The van der Waals surface area contributed by atoms with Crippen LogP contribution in [0.4, 0.5) is 0 Å². The molecule has 2 heterocycles. The van der Waals surface area contributed by atoms with Crippen LogP contribution in [0.1, 0.15) is 34.2 Å². The fourth-order valence-corrected chi connectivity index (χ4v) is 1.81. The van der Waals surface area contributed by atoms with Crippen molar-refractivity contribution in [1.82, 2.24) is 25.3 Å². The van der Waals surface area contributed by atoms with Gasteiger partial charge in [0.15, 0.2) is 0 Å². The summed E-state index contributed by atoms with van der Waals surface area (Å²) in [6, 6.07) is 0. The van der Waals surface area contributed by atoms with Crippen molar-refractivity contribution in [3.8, 4) is 0 Å². The van der Waals surface area contributed by atoms with E-state index in [-0.39, 0.29) is 5.91 Å². The van der Waals surface area contributed by atoms with Crippen LogP contribution in [0.25, 0.3) is 0 Å². The summed E-state index contributed by atoms with van der Waals surface area (Å²) in [6.45, 7) is 4.38. The molecule has 0 unspecified atom stereocenters. The second-order valence-electron chi connectivity index (χ2n) is 4.22. The molecule has 0 aliphatic carbocycles. The molecule has 0 saturated heterocycles. The van der Waals surface area contributed by atoms with E-state index >= 15 is 0 Å². The maximum Gasteiger partial charge on any atom is 0.255 e. The summed E-state index contributed by atoms with van der Waals surface area (Å²) in [4.78, 5) is 12.0. The minimum absolute atomic E-state index is 0.0967. The van der Waals surface area contributed by atoms with Crippen LogP contribution in [0.5, 0.6) is 0 Å². The lowest BCUT2D eigenvalue weighted by Crippen LogP contribution is -2.23. The average molecular weight is 247 g/mol. The first-order valence-electron chi connectivity index (χ1n) is 5.91. The van der Waals surface area contributed by atoms with Crippen molar-refractivity contribution in [2.24, 2.45) is 7.05 Å². The molecule has 6 nitrogen and oxygen atoms in total. The van der Waals surface area contributed by atoms with Crippen LogP contribution in [0.2, 0.25) is 0 Å². The Kier molecular flexibility index (Phi) is 3.45. The normalized spacial score (nSPS) is 10.6. The summed E-state index contributed by atoms with van der Waals surface area (Å²) >= 11 is 0. The van der Waals surface area contributed by atoms with Gasteiger partial charge in [-0.3, -0.25) is 14.6 Å². The fraction of sp³-hybridized carbons (Fsp3) is 0.417. The Labute approximate surface area is 105 Å². The number of hydrogen-bond donors (Lipinski definition) is 2. The Balaban J connectivity index is 2.06. The van der Waals surface area contributed by atoms with Crippen LogP contribution in [0, 0.1) is 6.92 Å². The van der Waals surface area contributed by atoms with Crippen LogP contribution >= 0.6 is 0 Å². The van der Waals surface area contributed by atoms with Crippen molar-refractivity contribution in [2.45, 2.75) is 26.8 Å². The maximum absolute atomic E-state index is 12.0. The average Bonchev–Trinajstić information content (AvgIpc) is 2.92. The van der Waals surface area contributed by atoms with Crippen LogP contribution in [-0.2, 0) is 20.0 Å². The molecule has 18 heavy (non-hydrogen) atoms. The van der Waals surface area contributed by atoms with Gasteiger partial charge in [-0.2, -0.15) is 10.2 Å². The monoisotopic (exact) mass is 247 g/mol. The molecule has 0 aromatic carbocycles. The Morgan fingerprint density at radius 1 is 1.56 bits per heavy atom. The smallest absolute Gasteiger partial charge is 0.255 e. The minimum atomic E-state index is -0.0967. The Morgan fingerprint density at radius 2 is 2.33 bits per heavy atom. The quantitative estimate of drug-likeness (QED) is 0.844. The summed E-state index contributed by atoms with van der Waals surface area (Å²) in [5, 5.41) is 13.9. The van der Waals surface area contributed by atoms with E-state index in [0.29, 0.717) is 12.1 Å². The van der Waals surface area contributed by atoms with E-state index in [1.54, 1.807) is 17.1 Å². The van der Waals surface area contributed by atoms with E-state index in [4.69, 9.17) is 0 Å². The number of nitrogens with one attached hydrogen (secondary N) is 2. The Morgan fingerprint density at radius 3 is 2.94 bits per heavy atom. The van der Waals surface area contributed by atoms with Crippen LogP contribution in [-0.4, -0.2) is 25.9 Å². The molecule has 0 radical (unpaired) electrons. The second-order valence-corrected chi connectivity index (χ2v) is 4.22. The number of aromatic amines is 1. The van der Waals surface area contributed by atoms with Gasteiger partial charge in [-0.05, 0) is 13.3 Å². The van der Waals surface area contributed by atoms with Crippen molar-refractivity contribution < 1.29 is 4.79 Å². The molecule has 0 aliphatic rings. The molecule has 1 amide bonds. The van der Waals surface area contributed by atoms with Gasteiger partial charge in [-0.1, -0.05) is 6.92 Å². The fourth-order valence-electron chi connectivity index (χ4n) is 1.81.